The van der Waals surface area contributed by atoms with Crippen LogP contribution < -0.4 is 0 Å². The second-order valence-corrected chi connectivity index (χ2v) is 9.08. The molecule has 2 aliphatic carbocycles. The van der Waals surface area contributed by atoms with Crippen molar-refractivity contribution in [1.29, 1.82) is 0 Å². The summed E-state index contributed by atoms with van der Waals surface area (Å²) in [4.78, 5) is 12.5. The monoisotopic (exact) mass is 440 g/mol. The van der Waals surface area contributed by atoms with Crippen molar-refractivity contribution in [3.05, 3.63) is 47.3 Å². The normalized spacial score (nSPS) is 27.7. The van der Waals surface area contributed by atoms with Crippen LogP contribution in [0, 0.1) is 11.8 Å². The van der Waals surface area contributed by atoms with Crippen molar-refractivity contribution >= 4 is 5.97 Å². The molecule has 0 amide bonds. The van der Waals surface area contributed by atoms with Gasteiger partial charge in [-0.1, -0.05) is 31.9 Å². The van der Waals surface area contributed by atoms with Crippen molar-refractivity contribution in [2.45, 2.75) is 89.3 Å². The molecule has 0 spiro atoms. The Balaban J connectivity index is 1.47. The van der Waals surface area contributed by atoms with Crippen LogP contribution in [-0.4, -0.2) is 18.2 Å². The summed E-state index contributed by atoms with van der Waals surface area (Å²) in [5.74, 6) is -0.899. The number of esters is 1. The molecule has 3 rings (SSSR count). The average Bonchev–Trinajstić information content (AvgIpc) is 2.74. The molecular formula is C25H32F4O2. The summed E-state index contributed by atoms with van der Waals surface area (Å²) in [6, 6.07) is 7.62. The van der Waals surface area contributed by atoms with Crippen LogP contribution in [0.15, 0.2) is 36.2 Å². The van der Waals surface area contributed by atoms with E-state index in [1.807, 2.05) is 12.1 Å². The first-order valence-corrected chi connectivity index (χ1v) is 11.5. The molecule has 0 N–H and O–H groups in total. The highest BCUT2D eigenvalue weighted by molar-refractivity contribution is 5.89. The molecule has 2 nitrogen and oxygen atoms in total. The van der Waals surface area contributed by atoms with E-state index in [9.17, 15) is 22.4 Å². The summed E-state index contributed by atoms with van der Waals surface area (Å²) in [5, 5.41) is 0. The fourth-order valence-corrected chi connectivity index (χ4v) is 5.03. The Hall–Kier alpha value is -1.85. The fraction of sp³-hybridized carbons (Fsp3) is 0.640. The highest BCUT2D eigenvalue weighted by Crippen LogP contribution is 2.38. The summed E-state index contributed by atoms with van der Waals surface area (Å²) in [7, 11) is 0. The van der Waals surface area contributed by atoms with Crippen LogP contribution >= 0.6 is 0 Å². The molecule has 31 heavy (non-hydrogen) atoms. The van der Waals surface area contributed by atoms with E-state index in [1.54, 1.807) is 12.1 Å². The zero-order chi connectivity index (χ0) is 22.4. The Morgan fingerprint density at radius 1 is 1.00 bits per heavy atom. The minimum atomic E-state index is -4.64. The maximum atomic E-state index is 13.7. The zero-order valence-electron chi connectivity index (χ0n) is 18.1. The predicted octanol–water partition coefficient (Wildman–Crippen LogP) is 7.89. The second-order valence-electron chi connectivity index (χ2n) is 9.08. The van der Waals surface area contributed by atoms with Crippen LogP contribution in [0.4, 0.5) is 17.6 Å². The van der Waals surface area contributed by atoms with Gasteiger partial charge in [0.1, 0.15) is 11.9 Å². The van der Waals surface area contributed by atoms with Gasteiger partial charge in [-0.25, -0.2) is 9.18 Å². The topological polar surface area (TPSA) is 26.3 Å². The third-order valence-electron chi connectivity index (χ3n) is 6.80. The molecule has 172 valence electrons. The molecular weight excluding hydrogens is 408 g/mol. The Morgan fingerprint density at radius 3 is 2.16 bits per heavy atom. The second kappa shape index (κ2) is 10.6. The van der Waals surface area contributed by atoms with Crippen molar-refractivity contribution in [3.63, 3.8) is 0 Å². The van der Waals surface area contributed by atoms with Gasteiger partial charge in [0, 0.05) is 5.92 Å². The van der Waals surface area contributed by atoms with Gasteiger partial charge in [-0.15, -0.1) is 0 Å². The van der Waals surface area contributed by atoms with E-state index in [-0.39, 0.29) is 25.0 Å². The van der Waals surface area contributed by atoms with Gasteiger partial charge < -0.3 is 4.74 Å². The number of benzene rings is 1. The molecule has 0 unspecified atom stereocenters. The van der Waals surface area contributed by atoms with Crippen LogP contribution in [-0.2, 0) is 4.74 Å². The van der Waals surface area contributed by atoms with Gasteiger partial charge >= 0.3 is 12.1 Å². The van der Waals surface area contributed by atoms with E-state index in [2.05, 4.69) is 6.92 Å². The fourth-order valence-electron chi connectivity index (χ4n) is 5.03. The Kier molecular flexibility index (Phi) is 8.17. The number of rotatable bonds is 6. The van der Waals surface area contributed by atoms with Crippen LogP contribution in [0.25, 0.3) is 0 Å². The van der Waals surface area contributed by atoms with Crippen LogP contribution in [0.2, 0.25) is 0 Å². The molecule has 2 fully saturated rings. The van der Waals surface area contributed by atoms with Crippen molar-refractivity contribution in [2.24, 2.45) is 11.8 Å². The molecule has 6 heteroatoms. The number of hydrogen-bond donors (Lipinski definition) is 0. The lowest BCUT2D eigenvalue weighted by Crippen LogP contribution is -2.25. The summed E-state index contributed by atoms with van der Waals surface area (Å²) in [6.45, 7) is 2.23. The summed E-state index contributed by atoms with van der Waals surface area (Å²) < 4.78 is 56.2. The van der Waals surface area contributed by atoms with Crippen LogP contribution in [0.1, 0.15) is 93.0 Å². The molecule has 0 aliphatic heterocycles. The van der Waals surface area contributed by atoms with Crippen LogP contribution in [0.3, 0.4) is 0 Å². The van der Waals surface area contributed by atoms with Gasteiger partial charge in [-0.05, 0) is 80.9 Å². The molecule has 1 aromatic carbocycles. The quantitative estimate of drug-likeness (QED) is 0.332. The van der Waals surface area contributed by atoms with Crippen LogP contribution in [0.5, 0.6) is 0 Å². The van der Waals surface area contributed by atoms with E-state index in [0.717, 1.165) is 5.92 Å². The van der Waals surface area contributed by atoms with E-state index < -0.39 is 23.9 Å². The first-order chi connectivity index (χ1) is 14.7. The average molecular weight is 441 g/mol. The highest BCUT2D eigenvalue weighted by atomic mass is 19.4. The lowest BCUT2D eigenvalue weighted by atomic mass is 9.77. The third kappa shape index (κ3) is 7.08. The molecule has 1 aromatic rings. The van der Waals surface area contributed by atoms with Crippen molar-refractivity contribution in [2.75, 3.05) is 0 Å². The summed E-state index contributed by atoms with van der Waals surface area (Å²) in [5.41, 5.74) is 1.74. The van der Waals surface area contributed by atoms with Gasteiger partial charge in [0.25, 0.3) is 0 Å². The number of allylic oxidation sites excluding steroid dienone is 2. The Bertz CT molecular complexity index is 738. The smallest absolute Gasteiger partial charge is 0.412 e. The Labute approximate surface area is 182 Å². The van der Waals surface area contributed by atoms with E-state index in [0.29, 0.717) is 24.3 Å². The van der Waals surface area contributed by atoms with Gasteiger partial charge in [-0.2, -0.15) is 13.2 Å². The number of halogens is 4. The van der Waals surface area contributed by atoms with Crippen molar-refractivity contribution in [1.82, 2.24) is 0 Å². The first kappa shape index (κ1) is 23.8. The molecule has 0 aromatic heterocycles. The zero-order valence-corrected chi connectivity index (χ0v) is 18.1. The number of ether oxygens (including phenoxy) is 1. The molecule has 0 saturated heterocycles. The van der Waals surface area contributed by atoms with E-state index >= 15 is 0 Å². The molecule has 0 radical (unpaired) electrons. The van der Waals surface area contributed by atoms with Crippen molar-refractivity contribution < 1.29 is 27.1 Å². The molecule has 2 aliphatic rings. The molecule has 0 atom stereocenters. The van der Waals surface area contributed by atoms with E-state index in [4.69, 9.17) is 4.74 Å². The van der Waals surface area contributed by atoms with Crippen molar-refractivity contribution in [3.8, 4) is 0 Å². The number of hydrogen-bond acceptors (Lipinski definition) is 2. The van der Waals surface area contributed by atoms with Gasteiger partial charge in [-0.3, -0.25) is 0 Å². The number of carbonyl (C=O) groups excluding carboxylic acids is 1. The maximum absolute atomic E-state index is 13.7. The lowest BCUT2D eigenvalue weighted by Gasteiger charge is -2.29. The lowest BCUT2D eigenvalue weighted by molar-refractivity contribution is -0.0821. The van der Waals surface area contributed by atoms with E-state index in [1.165, 1.54) is 44.1 Å². The highest BCUT2D eigenvalue weighted by Gasteiger charge is 2.31. The standard InChI is InChI=1S/C25H32F4O2/c1-2-3-17-4-6-18(7-5-17)19-8-10-21(11-9-19)24(30)31-22-14-12-20(13-15-22)23(26)16-25(27,28)29/h8-11,16-18,20,22H,2-7,12-15H2,1H3/b23-16-. The summed E-state index contributed by atoms with van der Waals surface area (Å²) >= 11 is 0. The maximum Gasteiger partial charge on any atom is 0.412 e. The summed E-state index contributed by atoms with van der Waals surface area (Å²) in [6.07, 6.45) is 3.42. The molecule has 0 bridgehead atoms. The SMILES string of the molecule is CCCC1CCC(c2ccc(C(=O)OC3CCC(/C(F)=C/C(F)(F)F)CC3)cc2)CC1. The number of carbonyl (C=O) groups is 1. The Morgan fingerprint density at radius 2 is 1.61 bits per heavy atom. The molecule has 0 heterocycles. The number of alkyl halides is 3. The minimum Gasteiger partial charge on any atom is -0.459 e. The van der Waals surface area contributed by atoms with Gasteiger partial charge in [0.2, 0.25) is 0 Å². The van der Waals surface area contributed by atoms with Gasteiger partial charge in [0.05, 0.1) is 11.6 Å². The third-order valence-corrected chi connectivity index (χ3v) is 6.80. The predicted molar refractivity (Wildman–Crippen MR) is 112 cm³/mol. The largest absolute Gasteiger partial charge is 0.459 e. The van der Waals surface area contributed by atoms with Gasteiger partial charge in [0.15, 0.2) is 0 Å². The molecule has 2 saturated carbocycles. The first-order valence-electron chi connectivity index (χ1n) is 11.5. The minimum absolute atomic E-state index is 0.246.